The summed E-state index contributed by atoms with van der Waals surface area (Å²) in [6.07, 6.45) is 0. The molecule has 0 N–H and O–H groups in total. The molecule has 0 aliphatic heterocycles. The molecule has 0 fully saturated rings. The van der Waals surface area contributed by atoms with Gasteiger partial charge in [0.25, 0.3) is 0 Å². The maximum absolute atomic E-state index is 13.5. The van der Waals surface area contributed by atoms with Gasteiger partial charge in [0, 0.05) is 5.02 Å². The average Bonchev–Trinajstić information content (AvgIpc) is 2.67. The van der Waals surface area contributed by atoms with Gasteiger partial charge < -0.3 is 0 Å². The van der Waals surface area contributed by atoms with Crippen LogP contribution < -0.4 is 0 Å². The molecule has 0 saturated heterocycles. The Balaban J connectivity index is 2.02. The van der Waals surface area contributed by atoms with Crippen LogP contribution in [-0.2, 0) is 0 Å². The highest BCUT2D eigenvalue weighted by Gasteiger charge is 2.12. The first-order valence-corrected chi connectivity index (χ1v) is 8.88. The topological polar surface area (TPSA) is 0 Å². The van der Waals surface area contributed by atoms with E-state index in [-0.39, 0.29) is 5.82 Å². The summed E-state index contributed by atoms with van der Waals surface area (Å²) in [5, 5.41) is 7.71. The van der Waals surface area contributed by atoms with E-state index in [1.807, 2.05) is 30.3 Å². The number of hydrogen-bond donors (Lipinski definition) is 0. The Hall–Kier alpha value is -2.90. The van der Waals surface area contributed by atoms with E-state index in [1.54, 1.807) is 0 Å². The molecule has 5 aromatic rings. The third-order valence-electron chi connectivity index (χ3n) is 4.96. The predicted molar refractivity (Wildman–Crippen MR) is 109 cm³/mol. The lowest BCUT2D eigenvalue weighted by molar-refractivity contribution is 0.628. The van der Waals surface area contributed by atoms with Crippen LogP contribution >= 0.6 is 11.6 Å². The molecule has 0 radical (unpaired) electrons. The quantitative estimate of drug-likeness (QED) is 0.271. The van der Waals surface area contributed by atoms with Crippen LogP contribution in [0, 0.1) is 5.82 Å². The lowest BCUT2D eigenvalue weighted by atomic mass is 9.90. The molecule has 0 aliphatic carbocycles. The number of hydrogen-bond acceptors (Lipinski definition) is 0. The van der Waals surface area contributed by atoms with Gasteiger partial charge in [0.1, 0.15) is 5.82 Å². The van der Waals surface area contributed by atoms with Crippen LogP contribution in [0.5, 0.6) is 0 Å². The van der Waals surface area contributed by atoms with E-state index in [2.05, 4.69) is 42.5 Å². The Morgan fingerprint density at radius 1 is 0.615 bits per heavy atom. The zero-order valence-electron chi connectivity index (χ0n) is 13.8. The van der Waals surface area contributed by atoms with Crippen LogP contribution in [0.15, 0.2) is 84.9 Å². The van der Waals surface area contributed by atoms with Crippen molar-refractivity contribution in [2.75, 3.05) is 0 Å². The summed E-state index contributed by atoms with van der Waals surface area (Å²) in [6.45, 7) is 0. The van der Waals surface area contributed by atoms with Crippen LogP contribution in [0.25, 0.3) is 43.4 Å². The third-order valence-corrected chi connectivity index (χ3v) is 5.19. The van der Waals surface area contributed by atoms with Crippen molar-refractivity contribution in [1.82, 2.24) is 0 Å². The smallest absolute Gasteiger partial charge is 0.123 e. The van der Waals surface area contributed by atoms with E-state index in [1.165, 1.54) is 39.1 Å². The van der Waals surface area contributed by atoms with Gasteiger partial charge in [-0.3, -0.25) is 0 Å². The van der Waals surface area contributed by atoms with E-state index in [4.69, 9.17) is 11.6 Å². The number of benzene rings is 5. The molecule has 2 heteroatoms. The SMILES string of the molecule is Fc1ccc(-c2cc3cc(Cl)ccc3c3ccc4ccccc4c23)cc1. The van der Waals surface area contributed by atoms with Crippen molar-refractivity contribution in [2.24, 2.45) is 0 Å². The Morgan fingerprint density at radius 2 is 1.38 bits per heavy atom. The number of fused-ring (bicyclic) bond motifs is 5. The molecule has 0 spiro atoms. The molecule has 0 bridgehead atoms. The molecule has 0 nitrogen and oxygen atoms in total. The molecule has 0 amide bonds. The summed E-state index contributed by atoms with van der Waals surface area (Å²) in [4.78, 5) is 0. The standard InChI is InChI=1S/C24H14ClF/c25-18-8-12-20-17(13-18)14-23(16-5-9-19(26)10-6-16)24-21-4-2-1-3-15(21)7-11-22(20)24/h1-14H. The summed E-state index contributed by atoms with van der Waals surface area (Å²) >= 11 is 6.23. The summed E-state index contributed by atoms with van der Waals surface area (Å²) in [5.41, 5.74) is 2.08. The lowest BCUT2D eigenvalue weighted by Gasteiger charge is -2.14. The van der Waals surface area contributed by atoms with Gasteiger partial charge in [0.05, 0.1) is 0 Å². The summed E-state index contributed by atoms with van der Waals surface area (Å²) in [6, 6.07) is 27.5. The molecule has 5 aromatic carbocycles. The Bertz CT molecular complexity index is 1290. The second-order valence-corrected chi connectivity index (χ2v) is 6.94. The highest BCUT2D eigenvalue weighted by atomic mass is 35.5. The lowest BCUT2D eigenvalue weighted by Crippen LogP contribution is -1.87. The normalized spacial score (nSPS) is 11.5. The minimum absolute atomic E-state index is 0.230. The van der Waals surface area contributed by atoms with Gasteiger partial charge in [-0.1, -0.05) is 66.2 Å². The Kier molecular flexibility index (Phi) is 3.44. The minimum Gasteiger partial charge on any atom is -0.207 e. The van der Waals surface area contributed by atoms with Crippen molar-refractivity contribution < 1.29 is 4.39 Å². The Morgan fingerprint density at radius 3 is 2.23 bits per heavy atom. The minimum atomic E-state index is -0.230. The summed E-state index contributed by atoms with van der Waals surface area (Å²) < 4.78 is 13.5. The van der Waals surface area contributed by atoms with Crippen LogP contribution in [0.4, 0.5) is 4.39 Å². The fourth-order valence-electron chi connectivity index (χ4n) is 3.77. The van der Waals surface area contributed by atoms with E-state index in [0.29, 0.717) is 5.02 Å². The van der Waals surface area contributed by atoms with Gasteiger partial charge in [-0.25, -0.2) is 4.39 Å². The van der Waals surface area contributed by atoms with Crippen molar-refractivity contribution in [3.8, 4) is 11.1 Å². The largest absolute Gasteiger partial charge is 0.207 e. The van der Waals surface area contributed by atoms with Gasteiger partial charge >= 0.3 is 0 Å². The fourth-order valence-corrected chi connectivity index (χ4v) is 3.95. The van der Waals surface area contributed by atoms with Gasteiger partial charge in [0.2, 0.25) is 0 Å². The first kappa shape index (κ1) is 15.4. The van der Waals surface area contributed by atoms with E-state index in [0.717, 1.165) is 16.5 Å². The maximum Gasteiger partial charge on any atom is 0.123 e. The zero-order chi connectivity index (χ0) is 17.7. The van der Waals surface area contributed by atoms with Crippen molar-refractivity contribution in [2.45, 2.75) is 0 Å². The molecular weight excluding hydrogens is 343 g/mol. The first-order chi connectivity index (χ1) is 12.7. The highest BCUT2D eigenvalue weighted by Crippen LogP contribution is 2.39. The average molecular weight is 357 g/mol. The van der Waals surface area contributed by atoms with Gasteiger partial charge in [-0.2, -0.15) is 0 Å². The van der Waals surface area contributed by atoms with Gasteiger partial charge in [-0.05, 0) is 73.8 Å². The van der Waals surface area contributed by atoms with E-state index < -0.39 is 0 Å². The molecule has 0 unspecified atom stereocenters. The second-order valence-electron chi connectivity index (χ2n) is 6.51. The van der Waals surface area contributed by atoms with E-state index >= 15 is 0 Å². The molecule has 124 valence electrons. The molecule has 0 saturated carbocycles. The molecule has 0 atom stereocenters. The van der Waals surface area contributed by atoms with Crippen molar-refractivity contribution in [1.29, 1.82) is 0 Å². The maximum atomic E-state index is 13.5. The summed E-state index contributed by atoms with van der Waals surface area (Å²) in [5.74, 6) is -0.230. The molecule has 5 rings (SSSR count). The molecule has 0 heterocycles. The molecule has 26 heavy (non-hydrogen) atoms. The predicted octanol–water partition coefficient (Wildman–Crippen LogP) is 7.61. The van der Waals surface area contributed by atoms with E-state index in [9.17, 15) is 4.39 Å². The fraction of sp³-hybridized carbons (Fsp3) is 0. The summed E-state index contributed by atoms with van der Waals surface area (Å²) in [7, 11) is 0. The Labute approximate surface area is 155 Å². The van der Waals surface area contributed by atoms with Crippen molar-refractivity contribution in [3.05, 3.63) is 95.8 Å². The van der Waals surface area contributed by atoms with Crippen LogP contribution in [0.1, 0.15) is 0 Å². The highest BCUT2D eigenvalue weighted by molar-refractivity contribution is 6.32. The molecule has 0 aliphatic rings. The number of halogens is 2. The van der Waals surface area contributed by atoms with Crippen LogP contribution in [0.2, 0.25) is 5.02 Å². The first-order valence-electron chi connectivity index (χ1n) is 8.50. The second kappa shape index (κ2) is 5.82. The monoisotopic (exact) mass is 356 g/mol. The van der Waals surface area contributed by atoms with Gasteiger partial charge in [0.15, 0.2) is 0 Å². The van der Waals surface area contributed by atoms with Crippen LogP contribution in [-0.4, -0.2) is 0 Å². The number of rotatable bonds is 1. The van der Waals surface area contributed by atoms with Gasteiger partial charge in [-0.15, -0.1) is 0 Å². The van der Waals surface area contributed by atoms with Crippen molar-refractivity contribution in [3.63, 3.8) is 0 Å². The van der Waals surface area contributed by atoms with Crippen LogP contribution in [0.3, 0.4) is 0 Å². The third kappa shape index (κ3) is 2.36. The van der Waals surface area contributed by atoms with Crippen molar-refractivity contribution >= 4 is 43.9 Å². The molecular formula is C24H14ClF. The zero-order valence-corrected chi connectivity index (χ0v) is 14.6. The molecule has 0 aromatic heterocycles.